The molecular formula is C28H34N2O5. The van der Waals surface area contributed by atoms with Gasteiger partial charge in [0.1, 0.15) is 6.10 Å². The first kappa shape index (κ1) is 21.6. The third kappa shape index (κ3) is 2.68. The van der Waals surface area contributed by atoms with E-state index < -0.39 is 17.1 Å². The van der Waals surface area contributed by atoms with Crippen LogP contribution in [0.3, 0.4) is 0 Å². The summed E-state index contributed by atoms with van der Waals surface area (Å²) in [6, 6.07) is 4.93. The molecule has 186 valence electrons. The van der Waals surface area contributed by atoms with Gasteiger partial charge < -0.3 is 25.2 Å². The van der Waals surface area contributed by atoms with Gasteiger partial charge in [0, 0.05) is 29.8 Å². The van der Waals surface area contributed by atoms with Crippen molar-refractivity contribution in [3.63, 3.8) is 0 Å². The van der Waals surface area contributed by atoms with Gasteiger partial charge in [-0.25, -0.2) is 0 Å². The normalized spacial score (nSPS) is 35.3. The highest BCUT2D eigenvalue weighted by molar-refractivity contribution is 5.63. The Labute approximate surface area is 205 Å². The van der Waals surface area contributed by atoms with Crippen molar-refractivity contribution in [2.75, 3.05) is 13.1 Å². The van der Waals surface area contributed by atoms with Gasteiger partial charge in [-0.1, -0.05) is 25.1 Å². The van der Waals surface area contributed by atoms with Crippen LogP contribution in [0.15, 0.2) is 24.3 Å². The minimum absolute atomic E-state index is 0.00166. The molecule has 0 amide bonds. The molecule has 0 unspecified atom stereocenters. The molecule has 4 N–H and O–H groups in total. The fourth-order valence-electron chi connectivity index (χ4n) is 7.93. The van der Waals surface area contributed by atoms with Gasteiger partial charge in [0.25, 0.3) is 0 Å². The highest BCUT2D eigenvalue weighted by atomic mass is 16.5. The van der Waals surface area contributed by atoms with E-state index in [0.29, 0.717) is 24.2 Å². The van der Waals surface area contributed by atoms with Crippen molar-refractivity contribution >= 4 is 6.08 Å². The van der Waals surface area contributed by atoms with Gasteiger partial charge >= 0.3 is 0 Å². The topological polar surface area (TPSA) is 98.3 Å². The SMILES string of the molecule is CC/C=C/c1cc(O)n([C@@H]2CC[C@@]3(O)[C@H]4Cc5ccc(O)c6c5[C@@]3(CCN4CC3CC3)[C@H]2O6)c1O. The van der Waals surface area contributed by atoms with Crippen molar-refractivity contribution in [2.45, 2.75) is 81.1 Å². The maximum atomic E-state index is 12.6. The smallest absolute Gasteiger partial charge is 0.201 e. The number of piperidine rings is 1. The maximum absolute atomic E-state index is 12.6. The number of nitrogens with zero attached hydrogens (tertiary/aromatic N) is 2. The highest BCUT2D eigenvalue weighted by Crippen LogP contribution is 2.67. The second-order valence-corrected chi connectivity index (χ2v) is 11.4. The number of phenols is 1. The molecule has 1 aromatic carbocycles. The minimum atomic E-state index is -0.989. The number of hydrogen-bond acceptors (Lipinski definition) is 6. The number of rotatable bonds is 5. The van der Waals surface area contributed by atoms with Crippen LogP contribution < -0.4 is 4.74 Å². The zero-order valence-electron chi connectivity index (χ0n) is 20.2. The van der Waals surface area contributed by atoms with Gasteiger partial charge in [-0.05, 0) is 69.0 Å². The number of benzene rings is 1. The Balaban J connectivity index is 1.38. The molecule has 3 heterocycles. The molecule has 2 saturated carbocycles. The fourth-order valence-corrected chi connectivity index (χ4v) is 7.93. The lowest BCUT2D eigenvalue weighted by Gasteiger charge is -2.64. The van der Waals surface area contributed by atoms with E-state index >= 15 is 0 Å². The summed E-state index contributed by atoms with van der Waals surface area (Å²) in [6.07, 6.45) is 9.24. The van der Waals surface area contributed by atoms with Crippen LogP contribution in [0.25, 0.3) is 6.08 Å². The zero-order chi connectivity index (χ0) is 24.1. The van der Waals surface area contributed by atoms with E-state index in [-0.39, 0.29) is 29.6 Å². The van der Waals surface area contributed by atoms with E-state index in [1.165, 1.54) is 12.8 Å². The van der Waals surface area contributed by atoms with E-state index in [4.69, 9.17) is 4.74 Å². The van der Waals surface area contributed by atoms with Crippen LogP contribution in [0.4, 0.5) is 0 Å². The van der Waals surface area contributed by atoms with Gasteiger partial charge in [0.15, 0.2) is 17.4 Å². The Morgan fingerprint density at radius 2 is 1.97 bits per heavy atom. The van der Waals surface area contributed by atoms with E-state index in [1.807, 2.05) is 25.1 Å². The number of ether oxygens (including phenoxy) is 1. The van der Waals surface area contributed by atoms with Crippen molar-refractivity contribution in [1.29, 1.82) is 0 Å². The van der Waals surface area contributed by atoms with Gasteiger partial charge in [-0.2, -0.15) is 0 Å². The van der Waals surface area contributed by atoms with Crippen LogP contribution in [-0.2, 0) is 11.8 Å². The number of aromatic nitrogens is 1. The number of allylic oxidation sites excluding steroid dienone is 1. The lowest BCUT2D eigenvalue weighted by atomic mass is 9.48. The standard InChI is InChI=1S/C28H34N2O5/c1-2-3-4-18-14-22(32)30(26(18)33)19-9-10-28(34)21-13-17-7-8-20(31)24-23(17)27(28,25(19)35-24)11-12-29(21)15-16-5-6-16/h3-4,7-8,14,16,19,21,25,31-34H,2,5-6,9-13,15H2,1H3/b4-3+/t19-,21-,25+,27+,28-/m1/s1. The van der Waals surface area contributed by atoms with Crippen LogP contribution >= 0.6 is 0 Å². The summed E-state index contributed by atoms with van der Waals surface area (Å²) < 4.78 is 8.16. The number of aromatic hydroxyl groups is 3. The van der Waals surface area contributed by atoms with Crippen molar-refractivity contribution < 1.29 is 25.2 Å². The fraction of sp³-hybridized carbons (Fsp3) is 0.571. The van der Waals surface area contributed by atoms with Crippen LogP contribution in [0.2, 0.25) is 0 Å². The first-order valence-electron chi connectivity index (χ1n) is 13.2. The highest BCUT2D eigenvalue weighted by Gasteiger charge is 2.73. The van der Waals surface area contributed by atoms with Crippen LogP contribution in [0.5, 0.6) is 23.3 Å². The summed E-state index contributed by atoms with van der Waals surface area (Å²) in [6.45, 7) is 3.93. The van der Waals surface area contributed by atoms with Crippen molar-refractivity contribution in [1.82, 2.24) is 9.47 Å². The average Bonchev–Trinajstić information content (AvgIpc) is 3.51. The monoisotopic (exact) mass is 478 g/mol. The predicted octanol–water partition coefficient (Wildman–Crippen LogP) is 3.83. The molecule has 3 fully saturated rings. The maximum Gasteiger partial charge on any atom is 0.201 e. The van der Waals surface area contributed by atoms with Gasteiger partial charge in [-0.3, -0.25) is 9.47 Å². The first-order chi connectivity index (χ1) is 16.9. The summed E-state index contributed by atoms with van der Waals surface area (Å²) in [5.41, 5.74) is 0.988. The van der Waals surface area contributed by atoms with Crippen LogP contribution in [0.1, 0.15) is 68.2 Å². The zero-order valence-corrected chi connectivity index (χ0v) is 20.2. The lowest BCUT2D eigenvalue weighted by Crippen LogP contribution is -2.76. The molecule has 1 saturated heterocycles. The summed E-state index contributed by atoms with van der Waals surface area (Å²) in [4.78, 5) is 2.51. The Morgan fingerprint density at radius 3 is 2.74 bits per heavy atom. The Hall–Kier alpha value is -2.64. The lowest BCUT2D eigenvalue weighted by molar-refractivity contribution is -0.196. The number of aliphatic hydroxyl groups is 1. The van der Waals surface area contributed by atoms with E-state index in [9.17, 15) is 20.4 Å². The summed E-state index contributed by atoms with van der Waals surface area (Å²) in [5, 5.41) is 45.4. The number of phenolic OH excluding ortho intramolecular Hbond substituents is 1. The molecule has 1 spiro atoms. The number of hydrogen-bond donors (Lipinski definition) is 4. The largest absolute Gasteiger partial charge is 0.504 e. The van der Waals surface area contributed by atoms with E-state index in [0.717, 1.165) is 49.4 Å². The average molecular weight is 479 g/mol. The summed E-state index contributed by atoms with van der Waals surface area (Å²) >= 11 is 0. The predicted molar refractivity (Wildman–Crippen MR) is 131 cm³/mol. The second kappa shape index (κ2) is 7.20. The van der Waals surface area contributed by atoms with Gasteiger partial charge in [0.2, 0.25) is 5.88 Å². The molecule has 1 aromatic heterocycles. The Bertz CT molecular complexity index is 1230. The molecule has 5 aliphatic rings. The second-order valence-electron chi connectivity index (χ2n) is 11.4. The van der Waals surface area contributed by atoms with Crippen molar-refractivity contribution in [3.8, 4) is 23.3 Å². The van der Waals surface area contributed by atoms with Crippen LogP contribution in [-0.4, -0.2) is 60.7 Å². The molecule has 7 heteroatoms. The van der Waals surface area contributed by atoms with Crippen molar-refractivity contribution in [3.05, 3.63) is 41.0 Å². The molecule has 0 radical (unpaired) electrons. The number of likely N-dealkylation sites (tertiary alicyclic amines) is 1. The third-order valence-corrected chi connectivity index (χ3v) is 9.61. The van der Waals surface area contributed by atoms with Gasteiger partial charge in [0.05, 0.1) is 17.1 Å². The molecular weight excluding hydrogens is 444 g/mol. The quantitative estimate of drug-likeness (QED) is 0.521. The molecule has 3 aliphatic carbocycles. The molecule has 2 aliphatic heterocycles. The Kier molecular flexibility index (Phi) is 4.45. The molecule has 2 aromatic rings. The van der Waals surface area contributed by atoms with Crippen molar-refractivity contribution in [2.24, 2.45) is 5.92 Å². The molecule has 2 bridgehead atoms. The first-order valence-corrected chi connectivity index (χ1v) is 13.2. The molecule has 7 rings (SSSR count). The van der Waals surface area contributed by atoms with Gasteiger partial charge in [-0.15, -0.1) is 0 Å². The minimum Gasteiger partial charge on any atom is -0.504 e. The molecule has 7 nitrogen and oxygen atoms in total. The third-order valence-electron chi connectivity index (χ3n) is 9.61. The molecule has 5 atom stereocenters. The van der Waals surface area contributed by atoms with E-state index in [2.05, 4.69) is 4.90 Å². The van der Waals surface area contributed by atoms with E-state index in [1.54, 1.807) is 16.7 Å². The summed E-state index contributed by atoms with van der Waals surface area (Å²) in [5.74, 6) is 1.32. The Morgan fingerprint density at radius 1 is 1.14 bits per heavy atom. The molecule has 35 heavy (non-hydrogen) atoms. The summed E-state index contributed by atoms with van der Waals surface area (Å²) in [7, 11) is 0. The van der Waals surface area contributed by atoms with Crippen LogP contribution in [0, 0.1) is 5.92 Å².